The number of hydrogen-bond acceptors (Lipinski definition) is 3. The third-order valence-corrected chi connectivity index (χ3v) is 6.90. The molecule has 6 atom stereocenters. The van der Waals surface area contributed by atoms with Crippen molar-refractivity contribution in [2.24, 2.45) is 29.1 Å². The lowest BCUT2D eigenvalue weighted by molar-refractivity contribution is -0.0392. The summed E-state index contributed by atoms with van der Waals surface area (Å²) in [5, 5.41) is 30.3. The van der Waals surface area contributed by atoms with E-state index in [4.69, 9.17) is 0 Å². The molecule has 0 spiro atoms. The third-order valence-electron chi connectivity index (χ3n) is 6.90. The zero-order valence-electron chi connectivity index (χ0n) is 14.1. The van der Waals surface area contributed by atoms with E-state index in [0.29, 0.717) is 17.8 Å². The average molecular weight is 318 g/mol. The summed E-state index contributed by atoms with van der Waals surface area (Å²) in [6.45, 7) is 6.40. The van der Waals surface area contributed by atoms with Crippen molar-refractivity contribution in [3.05, 3.63) is 36.1 Å². The van der Waals surface area contributed by atoms with Crippen LogP contribution in [0.1, 0.15) is 45.4 Å². The van der Waals surface area contributed by atoms with Gasteiger partial charge in [-0.05, 0) is 79.4 Å². The zero-order valence-corrected chi connectivity index (χ0v) is 14.1. The molecule has 0 radical (unpaired) electrons. The van der Waals surface area contributed by atoms with Crippen LogP contribution in [0.5, 0.6) is 0 Å². The smallest absolute Gasteiger partial charge is 0.115 e. The van der Waals surface area contributed by atoms with Gasteiger partial charge in [0.25, 0.3) is 0 Å². The molecule has 0 heterocycles. The normalized spacial score (nSPS) is 48.0. The summed E-state index contributed by atoms with van der Waals surface area (Å²) in [4.78, 5) is 0. The van der Waals surface area contributed by atoms with Crippen LogP contribution in [0.25, 0.3) is 0 Å². The number of aliphatic hydroxyl groups is 3. The van der Waals surface area contributed by atoms with E-state index in [1.165, 1.54) is 0 Å². The van der Waals surface area contributed by atoms with Crippen LogP contribution < -0.4 is 0 Å². The number of aliphatic hydroxyl groups excluding tert-OH is 3. The maximum Gasteiger partial charge on any atom is 0.115 e. The first-order chi connectivity index (χ1) is 11.0. The molecule has 2 fully saturated rings. The van der Waals surface area contributed by atoms with Crippen molar-refractivity contribution in [2.75, 3.05) is 6.61 Å². The van der Waals surface area contributed by atoms with Gasteiger partial charge in [0.05, 0.1) is 6.10 Å². The van der Waals surface area contributed by atoms with E-state index in [1.54, 1.807) is 12.2 Å². The van der Waals surface area contributed by atoms with Crippen LogP contribution >= 0.6 is 0 Å². The Hall–Kier alpha value is -1.06. The Kier molecular flexibility index (Phi) is 4.70. The van der Waals surface area contributed by atoms with Crippen molar-refractivity contribution in [2.45, 2.75) is 51.6 Å². The van der Waals surface area contributed by atoms with Gasteiger partial charge in [-0.3, -0.25) is 0 Å². The van der Waals surface area contributed by atoms with Gasteiger partial charge >= 0.3 is 0 Å². The summed E-state index contributed by atoms with van der Waals surface area (Å²) in [6, 6.07) is 0. The quantitative estimate of drug-likeness (QED) is 0.690. The van der Waals surface area contributed by atoms with E-state index < -0.39 is 0 Å². The SMILES string of the molecule is C=C1/C=C(O)\C=C/CC2CC[C@@]3(C)C(CC[C@@H]3O)C2C[C@@H]1CO. The van der Waals surface area contributed by atoms with Crippen LogP contribution in [0.4, 0.5) is 0 Å². The van der Waals surface area contributed by atoms with E-state index in [0.717, 1.165) is 44.1 Å². The van der Waals surface area contributed by atoms with Crippen LogP contribution in [0, 0.1) is 29.1 Å². The fraction of sp³-hybridized carbons (Fsp3) is 0.700. The number of allylic oxidation sites excluding steroid dienone is 3. The average Bonchev–Trinajstić information content (AvgIpc) is 2.81. The van der Waals surface area contributed by atoms with E-state index in [1.807, 2.05) is 0 Å². The second-order valence-corrected chi connectivity index (χ2v) is 8.07. The Balaban J connectivity index is 1.91. The summed E-state index contributed by atoms with van der Waals surface area (Å²) in [7, 11) is 0. The molecule has 3 unspecified atom stereocenters. The third kappa shape index (κ3) is 3.01. The first kappa shape index (κ1) is 16.8. The van der Waals surface area contributed by atoms with Crippen molar-refractivity contribution in [1.82, 2.24) is 0 Å². The molecule has 3 aliphatic carbocycles. The second-order valence-electron chi connectivity index (χ2n) is 8.07. The molecule has 0 aromatic rings. The van der Waals surface area contributed by atoms with Crippen LogP contribution in [-0.4, -0.2) is 28.0 Å². The van der Waals surface area contributed by atoms with E-state index in [-0.39, 0.29) is 29.8 Å². The molecule has 3 rings (SSSR count). The minimum atomic E-state index is -0.181. The van der Waals surface area contributed by atoms with E-state index in [9.17, 15) is 15.3 Å². The molecule has 0 amide bonds. The highest BCUT2D eigenvalue weighted by Gasteiger charge is 2.53. The Labute approximate surface area is 139 Å². The molecular weight excluding hydrogens is 288 g/mol. The molecule has 128 valence electrons. The summed E-state index contributed by atoms with van der Waals surface area (Å²) in [5.74, 6) is 1.84. The number of fused-ring (bicyclic) bond motifs is 3. The van der Waals surface area contributed by atoms with Gasteiger partial charge in [-0.25, -0.2) is 0 Å². The van der Waals surface area contributed by atoms with Crippen molar-refractivity contribution in [1.29, 1.82) is 0 Å². The van der Waals surface area contributed by atoms with Gasteiger partial charge in [-0.1, -0.05) is 19.6 Å². The lowest BCUT2D eigenvalue weighted by atomic mass is 9.57. The minimum absolute atomic E-state index is 0.00348. The molecule has 2 saturated carbocycles. The number of rotatable bonds is 1. The Morgan fingerprint density at radius 2 is 2.09 bits per heavy atom. The Bertz CT molecular complexity index is 521. The Morgan fingerprint density at radius 3 is 2.83 bits per heavy atom. The Morgan fingerprint density at radius 1 is 1.30 bits per heavy atom. The molecule has 0 aliphatic heterocycles. The van der Waals surface area contributed by atoms with Crippen LogP contribution in [0.15, 0.2) is 36.1 Å². The second kappa shape index (κ2) is 6.45. The van der Waals surface area contributed by atoms with E-state index in [2.05, 4.69) is 19.6 Å². The van der Waals surface area contributed by atoms with Crippen molar-refractivity contribution in [3.63, 3.8) is 0 Å². The molecule has 3 N–H and O–H groups in total. The maximum atomic E-state index is 10.5. The lowest BCUT2D eigenvalue weighted by Gasteiger charge is -2.48. The van der Waals surface area contributed by atoms with Gasteiger partial charge in [0.15, 0.2) is 0 Å². The summed E-state index contributed by atoms with van der Waals surface area (Å²) in [6.07, 6.45) is 11.4. The predicted molar refractivity (Wildman–Crippen MR) is 91.9 cm³/mol. The van der Waals surface area contributed by atoms with Gasteiger partial charge in [0.2, 0.25) is 0 Å². The van der Waals surface area contributed by atoms with Gasteiger partial charge in [-0.15, -0.1) is 0 Å². The first-order valence-electron chi connectivity index (χ1n) is 9.00. The molecule has 0 saturated heterocycles. The fourth-order valence-electron chi connectivity index (χ4n) is 5.38. The van der Waals surface area contributed by atoms with Crippen molar-refractivity contribution < 1.29 is 15.3 Å². The maximum absolute atomic E-state index is 10.5. The number of hydrogen-bond donors (Lipinski definition) is 3. The largest absolute Gasteiger partial charge is 0.508 e. The summed E-state index contributed by atoms with van der Waals surface area (Å²) < 4.78 is 0. The molecule has 23 heavy (non-hydrogen) atoms. The van der Waals surface area contributed by atoms with Gasteiger partial charge in [0.1, 0.15) is 5.76 Å². The molecule has 3 nitrogen and oxygen atoms in total. The molecular formula is C20H30O3. The standard InChI is InChI=1S/C20H30O3/c1-13-10-16(22)5-3-4-14-8-9-20(2)18(6-7-19(20)23)17(14)11-15(13)12-21/h3,5,10,14-15,17-19,21-23H,1,4,6-9,11-12H2,2H3/b5-3-,16-10+/t14?,15-,17?,18?,19+,20+/m1/s1. The molecule has 0 aromatic carbocycles. The lowest BCUT2D eigenvalue weighted by Crippen LogP contribution is -2.44. The highest BCUT2D eigenvalue weighted by Crippen LogP contribution is 2.58. The van der Waals surface area contributed by atoms with Gasteiger partial charge in [-0.2, -0.15) is 0 Å². The zero-order chi connectivity index (χ0) is 16.6. The fourth-order valence-corrected chi connectivity index (χ4v) is 5.38. The molecule has 3 heteroatoms. The molecule has 0 bridgehead atoms. The molecule has 3 aliphatic rings. The van der Waals surface area contributed by atoms with Crippen LogP contribution in [-0.2, 0) is 0 Å². The molecule has 0 aromatic heterocycles. The predicted octanol–water partition coefficient (Wildman–Crippen LogP) is 3.75. The highest BCUT2D eigenvalue weighted by atomic mass is 16.3. The van der Waals surface area contributed by atoms with Gasteiger partial charge < -0.3 is 15.3 Å². The van der Waals surface area contributed by atoms with Crippen LogP contribution in [0.2, 0.25) is 0 Å². The summed E-state index contributed by atoms with van der Waals surface area (Å²) >= 11 is 0. The van der Waals surface area contributed by atoms with E-state index >= 15 is 0 Å². The first-order valence-corrected chi connectivity index (χ1v) is 9.00. The summed E-state index contributed by atoms with van der Waals surface area (Å²) in [5.41, 5.74) is 0.843. The van der Waals surface area contributed by atoms with Crippen LogP contribution in [0.3, 0.4) is 0 Å². The topological polar surface area (TPSA) is 60.7 Å². The monoisotopic (exact) mass is 318 g/mol. The van der Waals surface area contributed by atoms with Crippen molar-refractivity contribution in [3.8, 4) is 0 Å². The highest BCUT2D eigenvalue weighted by molar-refractivity contribution is 5.26. The van der Waals surface area contributed by atoms with Crippen molar-refractivity contribution >= 4 is 0 Å². The van der Waals surface area contributed by atoms with Gasteiger partial charge in [0, 0.05) is 12.5 Å². The minimum Gasteiger partial charge on any atom is -0.508 e.